The van der Waals surface area contributed by atoms with E-state index in [9.17, 15) is 9.90 Å². The van der Waals surface area contributed by atoms with Gasteiger partial charge in [-0.15, -0.1) is 0 Å². The molecule has 3 unspecified atom stereocenters. The van der Waals surface area contributed by atoms with Gasteiger partial charge in [0, 0.05) is 19.1 Å². The maximum atomic E-state index is 11.4. The van der Waals surface area contributed by atoms with Crippen LogP contribution in [-0.4, -0.2) is 47.7 Å². The summed E-state index contributed by atoms with van der Waals surface area (Å²) in [5.74, 6) is 0.980. The van der Waals surface area contributed by atoms with E-state index in [0.717, 1.165) is 37.8 Å². The predicted octanol–water partition coefficient (Wildman–Crippen LogP) is 1.56. The van der Waals surface area contributed by atoms with Gasteiger partial charge in [0.25, 0.3) is 0 Å². The van der Waals surface area contributed by atoms with Crippen molar-refractivity contribution in [1.82, 2.24) is 10.2 Å². The third-order valence-corrected chi connectivity index (χ3v) is 4.39. The number of hydrogen-bond donors (Lipinski definition) is 2. The summed E-state index contributed by atoms with van der Waals surface area (Å²) < 4.78 is 0. The molecule has 0 heterocycles. The van der Waals surface area contributed by atoms with Crippen LogP contribution in [0.4, 0.5) is 0 Å². The molecule has 2 fully saturated rings. The summed E-state index contributed by atoms with van der Waals surface area (Å²) in [7, 11) is 2.10. The molecule has 18 heavy (non-hydrogen) atoms. The summed E-state index contributed by atoms with van der Waals surface area (Å²) in [5.41, 5.74) is -0.759. The van der Waals surface area contributed by atoms with Gasteiger partial charge in [-0.25, -0.2) is 0 Å². The third-order valence-electron chi connectivity index (χ3n) is 4.39. The maximum absolute atomic E-state index is 11.4. The first kappa shape index (κ1) is 13.8. The van der Waals surface area contributed by atoms with Crippen molar-refractivity contribution in [2.45, 2.75) is 51.1 Å². The smallest absolute Gasteiger partial charge is 0.323 e. The van der Waals surface area contributed by atoms with Crippen LogP contribution in [0, 0.1) is 11.8 Å². The first-order valence-electron chi connectivity index (χ1n) is 7.10. The lowest BCUT2D eigenvalue weighted by atomic mass is 9.97. The monoisotopic (exact) mass is 254 g/mol. The van der Waals surface area contributed by atoms with Crippen LogP contribution >= 0.6 is 0 Å². The molecule has 0 saturated heterocycles. The minimum Gasteiger partial charge on any atom is -0.480 e. The molecule has 2 aliphatic carbocycles. The Kier molecular flexibility index (Phi) is 3.97. The maximum Gasteiger partial charge on any atom is 0.323 e. The van der Waals surface area contributed by atoms with Crippen molar-refractivity contribution < 1.29 is 9.90 Å². The molecular weight excluding hydrogens is 228 g/mol. The van der Waals surface area contributed by atoms with E-state index in [1.807, 2.05) is 6.92 Å². The van der Waals surface area contributed by atoms with E-state index >= 15 is 0 Å². The number of nitrogens with one attached hydrogen (secondary N) is 1. The molecule has 3 atom stereocenters. The zero-order valence-electron chi connectivity index (χ0n) is 11.8. The summed E-state index contributed by atoms with van der Waals surface area (Å²) >= 11 is 0. The molecule has 4 heteroatoms. The fraction of sp³-hybridized carbons (Fsp3) is 0.929. The van der Waals surface area contributed by atoms with Crippen LogP contribution in [0.25, 0.3) is 0 Å². The molecule has 0 aromatic rings. The average molecular weight is 254 g/mol. The lowest BCUT2D eigenvalue weighted by Gasteiger charge is -2.29. The number of carboxylic acid groups (broad SMARTS) is 1. The van der Waals surface area contributed by atoms with Crippen LogP contribution in [0.1, 0.15) is 39.5 Å². The van der Waals surface area contributed by atoms with Gasteiger partial charge in [-0.3, -0.25) is 10.1 Å². The average Bonchev–Trinajstić information content (AvgIpc) is 3.18. The van der Waals surface area contributed by atoms with Crippen molar-refractivity contribution in [2.24, 2.45) is 11.8 Å². The summed E-state index contributed by atoms with van der Waals surface area (Å²) in [4.78, 5) is 13.7. The first-order valence-corrected chi connectivity index (χ1v) is 7.10. The molecule has 0 radical (unpaired) electrons. The lowest BCUT2D eigenvalue weighted by Crippen LogP contribution is -2.52. The third kappa shape index (κ3) is 3.69. The molecule has 104 valence electrons. The van der Waals surface area contributed by atoms with Gasteiger partial charge in [0.2, 0.25) is 0 Å². The molecule has 0 spiro atoms. The molecule has 2 rings (SSSR count). The van der Waals surface area contributed by atoms with Crippen LogP contribution < -0.4 is 5.32 Å². The van der Waals surface area contributed by atoms with Crippen molar-refractivity contribution in [1.29, 1.82) is 0 Å². The van der Waals surface area contributed by atoms with Crippen molar-refractivity contribution >= 4 is 5.97 Å². The molecule has 2 saturated carbocycles. The highest BCUT2D eigenvalue weighted by Crippen LogP contribution is 2.38. The number of nitrogens with zero attached hydrogens (tertiary/aromatic N) is 1. The van der Waals surface area contributed by atoms with Crippen molar-refractivity contribution in [3.05, 3.63) is 0 Å². The van der Waals surface area contributed by atoms with Gasteiger partial charge < -0.3 is 10.0 Å². The first-order chi connectivity index (χ1) is 8.40. The standard InChI is InChI=1S/C14H26N2O2/c1-10-8-11(10)9-16(3)7-6-14(2,13(17)18)15-12-4-5-12/h10-12,15H,4-9H2,1-3H3,(H,17,18). The zero-order valence-corrected chi connectivity index (χ0v) is 11.8. The Hall–Kier alpha value is -0.610. The molecule has 0 aliphatic heterocycles. The van der Waals surface area contributed by atoms with E-state index in [1.165, 1.54) is 6.42 Å². The number of carboxylic acids is 1. The Balaban J connectivity index is 1.75. The largest absolute Gasteiger partial charge is 0.480 e. The summed E-state index contributed by atoms with van der Waals surface area (Å²) in [6.07, 6.45) is 4.26. The highest BCUT2D eigenvalue weighted by atomic mass is 16.4. The van der Waals surface area contributed by atoms with Gasteiger partial charge in [0.05, 0.1) is 0 Å². The summed E-state index contributed by atoms with van der Waals surface area (Å²) in [5, 5.41) is 12.7. The fourth-order valence-corrected chi connectivity index (χ4v) is 2.48. The van der Waals surface area contributed by atoms with Crippen molar-refractivity contribution in [2.75, 3.05) is 20.1 Å². The minimum absolute atomic E-state index is 0.430. The zero-order chi connectivity index (χ0) is 13.3. The van der Waals surface area contributed by atoms with Crippen molar-refractivity contribution in [3.8, 4) is 0 Å². The van der Waals surface area contributed by atoms with Gasteiger partial charge >= 0.3 is 5.97 Å². The van der Waals surface area contributed by atoms with E-state index in [1.54, 1.807) is 0 Å². The summed E-state index contributed by atoms with van der Waals surface area (Å²) in [6.45, 7) is 6.07. The Labute approximate surface area is 110 Å². The van der Waals surface area contributed by atoms with Crippen LogP contribution in [-0.2, 0) is 4.79 Å². The molecule has 0 aromatic heterocycles. The molecular formula is C14H26N2O2. The highest BCUT2D eigenvalue weighted by molar-refractivity contribution is 5.78. The molecule has 0 amide bonds. The van der Waals surface area contributed by atoms with E-state index in [2.05, 4.69) is 24.2 Å². The van der Waals surface area contributed by atoms with Crippen LogP contribution in [0.2, 0.25) is 0 Å². The van der Waals surface area contributed by atoms with Gasteiger partial charge in [-0.1, -0.05) is 6.92 Å². The second kappa shape index (κ2) is 5.17. The van der Waals surface area contributed by atoms with Crippen molar-refractivity contribution in [3.63, 3.8) is 0 Å². The molecule has 2 aliphatic rings. The Morgan fingerprint density at radius 3 is 2.56 bits per heavy atom. The highest BCUT2D eigenvalue weighted by Gasteiger charge is 2.39. The predicted molar refractivity (Wildman–Crippen MR) is 71.6 cm³/mol. The van der Waals surface area contributed by atoms with E-state index < -0.39 is 11.5 Å². The molecule has 2 N–H and O–H groups in total. The number of hydrogen-bond acceptors (Lipinski definition) is 3. The van der Waals surface area contributed by atoms with E-state index in [4.69, 9.17) is 0 Å². The number of rotatable bonds is 8. The van der Waals surface area contributed by atoms with Crippen LogP contribution in [0.3, 0.4) is 0 Å². The SMILES string of the molecule is CC1CC1CN(C)CCC(C)(NC1CC1)C(=O)O. The second-order valence-corrected chi connectivity index (χ2v) is 6.54. The molecule has 4 nitrogen and oxygen atoms in total. The lowest BCUT2D eigenvalue weighted by molar-refractivity contribution is -0.144. The van der Waals surface area contributed by atoms with Gasteiger partial charge in [-0.2, -0.15) is 0 Å². The van der Waals surface area contributed by atoms with Crippen LogP contribution in [0.15, 0.2) is 0 Å². The number of aliphatic carboxylic acids is 1. The molecule has 0 bridgehead atoms. The number of carbonyl (C=O) groups is 1. The Morgan fingerprint density at radius 2 is 2.11 bits per heavy atom. The Morgan fingerprint density at radius 1 is 1.50 bits per heavy atom. The molecule has 0 aromatic carbocycles. The summed E-state index contributed by atoms with van der Waals surface area (Å²) in [6, 6.07) is 0.430. The minimum atomic E-state index is -0.759. The van der Waals surface area contributed by atoms with Gasteiger partial charge in [0.1, 0.15) is 5.54 Å². The normalized spacial score (nSPS) is 30.2. The fourth-order valence-electron chi connectivity index (χ4n) is 2.48. The topological polar surface area (TPSA) is 52.6 Å². The van der Waals surface area contributed by atoms with Gasteiger partial charge in [0.15, 0.2) is 0 Å². The van der Waals surface area contributed by atoms with E-state index in [-0.39, 0.29) is 0 Å². The Bertz CT molecular complexity index is 317. The van der Waals surface area contributed by atoms with E-state index in [0.29, 0.717) is 12.5 Å². The van der Waals surface area contributed by atoms with Crippen LogP contribution in [0.5, 0.6) is 0 Å². The second-order valence-electron chi connectivity index (χ2n) is 6.54. The van der Waals surface area contributed by atoms with Gasteiger partial charge in [-0.05, 0) is 51.5 Å². The quantitative estimate of drug-likeness (QED) is 0.690.